The van der Waals surface area contributed by atoms with Crippen molar-refractivity contribution in [3.63, 3.8) is 0 Å². The van der Waals surface area contributed by atoms with E-state index in [-0.39, 0.29) is 17.2 Å². The molecule has 0 bridgehead atoms. The fourth-order valence-electron chi connectivity index (χ4n) is 3.88. The number of piperidine rings is 1. The Labute approximate surface area is 151 Å². The van der Waals surface area contributed by atoms with E-state index in [2.05, 4.69) is 27.7 Å². The van der Waals surface area contributed by atoms with Gasteiger partial charge in [0.1, 0.15) is 0 Å². The molecule has 1 aliphatic heterocycles. The van der Waals surface area contributed by atoms with E-state index in [0.717, 1.165) is 38.2 Å². The molecule has 0 aromatic rings. The lowest BCUT2D eigenvalue weighted by molar-refractivity contribution is -0.253. The molecule has 0 radical (unpaired) electrons. The number of carboxylic acid groups (broad SMARTS) is 1. The summed E-state index contributed by atoms with van der Waals surface area (Å²) < 4.78 is 11.1. The first-order valence-corrected chi connectivity index (χ1v) is 9.09. The smallest absolute Gasteiger partial charge is 0.328 e. The second-order valence-electron chi connectivity index (χ2n) is 8.25. The van der Waals surface area contributed by atoms with Gasteiger partial charge in [0.25, 0.3) is 0 Å². The number of hydroxylamine groups is 2. The molecule has 1 rings (SSSR count). The Morgan fingerprint density at radius 1 is 1.24 bits per heavy atom. The molecule has 0 aliphatic carbocycles. The zero-order valence-electron chi connectivity index (χ0n) is 16.3. The minimum atomic E-state index is -0.954. The van der Waals surface area contributed by atoms with Gasteiger partial charge in [-0.05, 0) is 71.8 Å². The number of nitrogens with zero attached hydrogens (tertiary/aromatic N) is 1. The average molecular weight is 357 g/mol. The molecular weight excluding hydrogens is 322 g/mol. The molecule has 1 fully saturated rings. The molecule has 6 nitrogen and oxygen atoms in total. The van der Waals surface area contributed by atoms with Gasteiger partial charge in [0.2, 0.25) is 0 Å². The van der Waals surface area contributed by atoms with Crippen LogP contribution in [0, 0.1) is 5.92 Å². The Balaban J connectivity index is 2.24. The maximum absolute atomic E-state index is 10.5. The van der Waals surface area contributed by atoms with Crippen LogP contribution in [-0.4, -0.2) is 58.9 Å². The highest BCUT2D eigenvalue weighted by Crippen LogP contribution is 2.39. The van der Waals surface area contributed by atoms with Crippen LogP contribution in [0.25, 0.3) is 0 Å². The lowest BCUT2D eigenvalue weighted by Gasteiger charge is -2.51. The van der Waals surface area contributed by atoms with E-state index in [1.165, 1.54) is 5.06 Å². The quantitative estimate of drug-likeness (QED) is 0.460. The third-order valence-electron chi connectivity index (χ3n) is 4.86. The monoisotopic (exact) mass is 357 g/mol. The highest BCUT2D eigenvalue weighted by Gasteiger charge is 2.44. The molecule has 1 unspecified atom stereocenters. The van der Waals surface area contributed by atoms with Crippen molar-refractivity contribution in [2.24, 2.45) is 5.92 Å². The first kappa shape index (κ1) is 22.1. The van der Waals surface area contributed by atoms with Crippen molar-refractivity contribution < 1.29 is 24.6 Å². The molecule has 1 aliphatic rings. The number of carbonyl (C=O) groups is 1. The molecule has 0 aromatic carbocycles. The van der Waals surface area contributed by atoms with Crippen LogP contribution in [-0.2, 0) is 14.3 Å². The Morgan fingerprint density at radius 3 is 2.36 bits per heavy atom. The standard InChI is InChI=1S/C19H35NO5/c1-18(2)12-15(13-19(3,4)20(18)23)14-25-11-7-6-8-16(24-5)9-10-17(21)22/h9-10,15-16,23H,6-8,11-14H2,1-5H3,(H,21,22)/b10-9+. The fraction of sp³-hybridized carbons (Fsp3) is 0.842. The lowest BCUT2D eigenvalue weighted by atomic mass is 9.75. The van der Waals surface area contributed by atoms with Gasteiger partial charge in [0.15, 0.2) is 0 Å². The van der Waals surface area contributed by atoms with Gasteiger partial charge in [0.05, 0.1) is 6.10 Å². The van der Waals surface area contributed by atoms with E-state index in [1.54, 1.807) is 13.2 Å². The zero-order chi connectivity index (χ0) is 19.1. The molecule has 0 spiro atoms. The van der Waals surface area contributed by atoms with Gasteiger partial charge in [-0.25, -0.2) is 4.79 Å². The number of carboxylic acids is 1. The molecule has 0 saturated carbocycles. The summed E-state index contributed by atoms with van der Waals surface area (Å²) in [6, 6.07) is 0. The molecule has 146 valence electrons. The Morgan fingerprint density at radius 2 is 1.84 bits per heavy atom. The maximum atomic E-state index is 10.5. The molecular formula is C19H35NO5. The topological polar surface area (TPSA) is 79.2 Å². The third kappa shape index (κ3) is 7.44. The fourth-order valence-corrected chi connectivity index (χ4v) is 3.88. The summed E-state index contributed by atoms with van der Waals surface area (Å²) in [6.07, 6.45) is 7.01. The van der Waals surface area contributed by atoms with Crippen LogP contribution in [0.3, 0.4) is 0 Å². The third-order valence-corrected chi connectivity index (χ3v) is 4.86. The van der Waals surface area contributed by atoms with E-state index < -0.39 is 5.97 Å². The van der Waals surface area contributed by atoms with E-state index in [1.807, 2.05) is 0 Å². The molecule has 1 saturated heterocycles. The van der Waals surface area contributed by atoms with Crippen LogP contribution in [0.4, 0.5) is 0 Å². The predicted octanol–water partition coefficient (Wildman–Crippen LogP) is 3.49. The molecule has 1 heterocycles. The SMILES string of the molecule is COC(/C=C/C(=O)O)CCCCOCC1CC(C)(C)N(O)C(C)(C)C1. The second-order valence-corrected chi connectivity index (χ2v) is 8.25. The number of ether oxygens (including phenoxy) is 2. The highest BCUT2D eigenvalue weighted by atomic mass is 16.5. The summed E-state index contributed by atoms with van der Waals surface area (Å²) in [4.78, 5) is 10.5. The molecule has 0 amide bonds. The predicted molar refractivity (Wildman–Crippen MR) is 96.8 cm³/mol. The molecule has 25 heavy (non-hydrogen) atoms. The maximum Gasteiger partial charge on any atom is 0.328 e. The van der Waals surface area contributed by atoms with Gasteiger partial charge < -0.3 is 19.8 Å². The van der Waals surface area contributed by atoms with Gasteiger partial charge in [-0.15, -0.1) is 0 Å². The van der Waals surface area contributed by atoms with Crippen LogP contribution >= 0.6 is 0 Å². The van der Waals surface area contributed by atoms with Crippen LogP contribution in [0.5, 0.6) is 0 Å². The molecule has 1 atom stereocenters. The van der Waals surface area contributed by atoms with Crippen molar-refractivity contribution in [2.75, 3.05) is 20.3 Å². The highest BCUT2D eigenvalue weighted by molar-refractivity contribution is 5.79. The van der Waals surface area contributed by atoms with E-state index in [9.17, 15) is 10.0 Å². The van der Waals surface area contributed by atoms with E-state index >= 15 is 0 Å². The summed E-state index contributed by atoms with van der Waals surface area (Å²) in [6.45, 7) is 9.67. The molecule has 2 N–H and O–H groups in total. The van der Waals surface area contributed by atoms with Crippen LogP contribution in [0.15, 0.2) is 12.2 Å². The zero-order valence-corrected chi connectivity index (χ0v) is 16.3. The molecule has 6 heteroatoms. The summed E-state index contributed by atoms with van der Waals surface area (Å²) in [5, 5.41) is 20.4. The van der Waals surface area contributed by atoms with Gasteiger partial charge in [-0.2, -0.15) is 5.06 Å². The van der Waals surface area contributed by atoms with Gasteiger partial charge in [-0.1, -0.05) is 0 Å². The van der Waals surface area contributed by atoms with Crippen molar-refractivity contribution in [1.82, 2.24) is 5.06 Å². The summed E-state index contributed by atoms with van der Waals surface area (Å²) >= 11 is 0. The van der Waals surface area contributed by atoms with Crippen molar-refractivity contribution >= 4 is 5.97 Å². The van der Waals surface area contributed by atoms with Crippen LogP contribution in [0.2, 0.25) is 0 Å². The number of hydrogen-bond donors (Lipinski definition) is 2. The minimum Gasteiger partial charge on any atom is -0.478 e. The van der Waals surface area contributed by atoms with Crippen LogP contribution in [0.1, 0.15) is 59.8 Å². The number of methoxy groups -OCH3 is 1. The second kappa shape index (κ2) is 9.67. The largest absolute Gasteiger partial charge is 0.478 e. The summed E-state index contributed by atoms with van der Waals surface area (Å²) in [7, 11) is 1.59. The van der Waals surface area contributed by atoms with Crippen molar-refractivity contribution in [3.05, 3.63) is 12.2 Å². The normalized spacial score (nSPS) is 22.3. The number of hydrogen-bond acceptors (Lipinski definition) is 5. The van der Waals surface area contributed by atoms with Crippen molar-refractivity contribution in [3.8, 4) is 0 Å². The number of unbranched alkanes of at least 4 members (excludes halogenated alkanes) is 1. The molecule has 0 aromatic heterocycles. The Kier molecular flexibility index (Phi) is 8.54. The summed E-state index contributed by atoms with van der Waals surface area (Å²) in [5.41, 5.74) is -0.476. The van der Waals surface area contributed by atoms with Gasteiger partial charge in [0, 0.05) is 37.5 Å². The van der Waals surface area contributed by atoms with Crippen molar-refractivity contribution in [2.45, 2.75) is 77.0 Å². The number of rotatable bonds is 10. The minimum absolute atomic E-state index is 0.161. The number of aliphatic carboxylic acids is 1. The average Bonchev–Trinajstić information content (AvgIpc) is 2.50. The van der Waals surface area contributed by atoms with Gasteiger partial charge >= 0.3 is 5.97 Å². The first-order valence-electron chi connectivity index (χ1n) is 9.09. The first-order chi connectivity index (χ1) is 11.6. The Hall–Kier alpha value is -0.950. The van der Waals surface area contributed by atoms with Crippen LogP contribution < -0.4 is 0 Å². The van der Waals surface area contributed by atoms with Crippen molar-refractivity contribution in [1.29, 1.82) is 0 Å². The van der Waals surface area contributed by atoms with E-state index in [4.69, 9.17) is 14.6 Å². The van der Waals surface area contributed by atoms with Gasteiger partial charge in [-0.3, -0.25) is 0 Å². The summed E-state index contributed by atoms with van der Waals surface area (Å²) in [5.74, 6) is -0.510. The Bertz CT molecular complexity index is 429. The lowest BCUT2D eigenvalue weighted by Crippen LogP contribution is -2.59. The van der Waals surface area contributed by atoms with E-state index in [0.29, 0.717) is 19.1 Å².